The second-order valence-corrected chi connectivity index (χ2v) is 7.60. The van der Waals surface area contributed by atoms with Crippen LogP contribution in [0.15, 0.2) is 47.6 Å². The maximum atomic E-state index is 12.2. The van der Waals surface area contributed by atoms with Crippen molar-refractivity contribution in [1.82, 2.24) is 14.8 Å². The van der Waals surface area contributed by atoms with E-state index in [9.17, 15) is 14.9 Å². The van der Waals surface area contributed by atoms with Gasteiger partial charge in [-0.05, 0) is 36.8 Å². The number of aromatic nitrogens is 3. The van der Waals surface area contributed by atoms with Gasteiger partial charge in [-0.25, -0.2) is 0 Å². The zero-order chi connectivity index (χ0) is 21.7. The molecule has 2 aromatic carbocycles. The minimum absolute atomic E-state index is 0.00839. The fourth-order valence-electron chi connectivity index (χ4n) is 2.47. The maximum Gasteiger partial charge on any atom is 0.269 e. The van der Waals surface area contributed by atoms with Gasteiger partial charge in [-0.15, -0.1) is 10.2 Å². The molecule has 1 N–H and O–H groups in total. The summed E-state index contributed by atoms with van der Waals surface area (Å²) in [4.78, 5) is 22.5. The molecule has 0 aliphatic carbocycles. The first-order valence-electron chi connectivity index (χ1n) is 8.78. The van der Waals surface area contributed by atoms with E-state index in [1.54, 1.807) is 29.8 Å². The fraction of sp³-hybridized carbons (Fsp3) is 0.211. The first kappa shape index (κ1) is 21.6. The number of nitrogens with one attached hydrogen (secondary N) is 1. The van der Waals surface area contributed by atoms with Gasteiger partial charge >= 0.3 is 0 Å². The van der Waals surface area contributed by atoms with Crippen molar-refractivity contribution in [3.63, 3.8) is 0 Å². The minimum atomic E-state index is -0.472. The van der Waals surface area contributed by atoms with Crippen LogP contribution in [-0.2, 0) is 18.4 Å². The number of benzene rings is 2. The van der Waals surface area contributed by atoms with E-state index >= 15 is 0 Å². The molecule has 0 spiro atoms. The Kier molecular flexibility index (Phi) is 6.91. The number of anilines is 1. The van der Waals surface area contributed by atoms with Crippen molar-refractivity contribution in [3.8, 4) is 5.75 Å². The molecule has 1 amide bonds. The molecule has 3 aromatic rings. The Bertz CT molecular complexity index is 1070. The predicted molar refractivity (Wildman–Crippen MR) is 114 cm³/mol. The van der Waals surface area contributed by atoms with Gasteiger partial charge in [-0.1, -0.05) is 29.4 Å². The van der Waals surface area contributed by atoms with E-state index in [0.29, 0.717) is 27.4 Å². The lowest BCUT2D eigenvalue weighted by Crippen LogP contribution is -2.15. The molecule has 9 nitrogen and oxygen atoms in total. The van der Waals surface area contributed by atoms with Crippen molar-refractivity contribution >= 4 is 40.6 Å². The van der Waals surface area contributed by atoms with E-state index in [1.807, 2.05) is 6.92 Å². The summed E-state index contributed by atoms with van der Waals surface area (Å²) in [6, 6.07) is 11.1. The first-order chi connectivity index (χ1) is 14.3. The lowest BCUT2D eigenvalue weighted by molar-refractivity contribution is -0.384. The number of non-ortho nitro benzene ring substituents is 1. The number of hydrogen-bond donors (Lipinski definition) is 1. The highest BCUT2D eigenvalue weighted by molar-refractivity contribution is 7.99. The summed E-state index contributed by atoms with van der Waals surface area (Å²) in [7, 11) is 1.77. The van der Waals surface area contributed by atoms with Crippen molar-refractivity contribution in [2.75, 3.05) is 11.1 Å². The summed E-state index contributed by atoms with van der Waals surface area (Å²) in [5, 5.41) is 22.8. The van der Waals surface area contributed by atoms with Gasteiger partial charge in [-0.2, -0.15) is 0 Å². The molecule has 11 heteroatoms. The summed E-state index contributed by atoms with van der Waals surface area (Å²) < 4.78 is 7.33. The number of ether oxygens (including phenoxy) is 1. The molecule has 0 bridgehead atoms. The Morgan fingerprint density at radius 3 is 2.70 bits per heavy atom. The van der Waals surface area contributed by atoms with Crippen LogP contribution in [0.5, 0.6) is 5.75 Å². The van der Waals surface area contributed by atoms with Gasteiger partial charge in [-0.3, -0.25) is 14.9 Å². The van der Waals surface area contributed by atoms with Crippen molar-refractivity contribution in [1.29, 1.82) is 0 Å². The summed E-state index contributed by atoms with van der Waals surface area (Å²) >= 11 is 7.32. The van der Waals surface area contributed by atoms with Gasteiger partial charge in [0.15, 0.2) is 11.0 Å². The van der Waals surface area contributed by atoms with E-state index < -0.39 is 4.92 Å². The number of carbonyl (C=O) groups is 1. The van der Waals surface area contributed by atoms with Gasteiger partial charge in [0.05, 0.1) is 10.7 Å². The standard InChI is InChI=1S/C19H18ClN5O4S/c1-12-15(20)4-3-5-16(12)21-18(26)11-30-19-23-22-17(24(19)2)10-29-14-8-6-13(7-9-14)25(27)28/h3-9H,10-11H2,1-2H3,(H,21,26). The molecule has 3 rings (SSSR count). The number of nitrogens with zero attached hydrogens (tertiary/aromatic N) is 4. The largest absolute Gasteiger partial charge is 0.486 e. The summed E-state index contributed by atoms with van der Waals surface area (Å²) in [6.45, 7) is 1.97. The summed E-state index contributed by atoms with van der Waals surface area (Å²) in [5.41, 5.74) is 1.47. The number of amides is 1. The lowest BCUT2D eigenvalue weighted by Gasteiger charge is -2.09. The van der Waals surface area contributed by atoms with Crippen molar-refractivity contribution in [2.24, 2.45) is 7.05 Å². The smallest absolute Gasteiger partial charge is 0.269 e. The van der Waals surface area contributed by atoms with Crippen LogP contribution in [0, 0.1) is 17.0 Å². The molecule has 0 saturated carbocycles. The molecule has 0 unspecified atom stereocenters. The van der Waals surface area contributed by atoms with Crippen LogP contribution < -0.4 is 10.1 Å². The van der Waals surface area contributed by atoms with Crippen molar-refractivity contribution in [2.45, 2.75) is 18.7 Å². The quantitative estimate of drug-likeness (QED) is 0.315. The van der Waals surface area contributed by atoms with Crippen LogP contribution in [0.3, 0.4) is 0 Å². The summed E-state index contributed by atoms with van der Waals surface area (Å²) in [6.07, 6.45) is 0. The van der Waals surface area contributed by atoms with Crippen LogP contribution in [0.25, 0.3) is 0 Å². The molecule has 156 valence electrons. The third kappa shape index (κ3) is 5.28. The third-order valence-electron chi connectivity index (χ3n) is 4.21. The van der Waals surface area contributed by atoms with Gasteiger partial charge in [0, 0.05) is 29.9 Å². The highest BCUT2D eigenvalue weighted by atomic mass is 35.5. The Labute approximate surface area is 181 Å². The van der Waals surface area contributed by atoms with E-state index in [2.05, 4.69) is 15.5 Å². The average molecular weight is 448 g/mol. The maximum absolute atomic E-state index is 12.2. The number of nitro groups is 1. The predicted octanol–water partition coefficient (Wildman–Crippen LogP) is 3.99. The minimum Gasteiger partial charge on any atom is -0.486 e. The van der Waals surface area contributed by atoms with Crippen LogP contribution in [0.4, 0.5) is 11.4 Å². The van der Waals surface area contributed by atoms with Crippen molar-refractivity contribution < 1.29 is 14.5 Å². The van der Waals surface area contributed by atoms with Crippen LogP contribution >= 0.6 is 23.4 Å². The lowest BCUT2D eigenvalue weighted by atomic mass is 10.2. The summed E-state index contributed by atoms with van der Waals surface area (Å²) in [5.74, 6) is 1.01. The van der Waals surface area contributed by atoms with E-state index in [0.717, 1.165) is 5.56 Å². The number of halogens is 1. The normalized spacial score (nSPS) is 10.6. The van der Waals surface area contributed by atoms with Crippen molar-refractivity contribution in [3.05, 3.63) is 69.0 Å². The molecule has 0 saturated heterocycles. The number of rotatable bonds is 8. The van der Waals surface area contributed by atoms with E-state index in [-0.39, 0.29) is 24.0 Å². The molecule has 1 aromatic heterocycles. The second-order valence-electron chi connectivity index (χ2n) is 6.25. The van der Waals surface area contributed by atoms with Gasteiger partial charge in [0.2, 0.25) is 5.91 Å². The number of thioether (sulfide) groups is 1. The Morgan fingerprint density at radius 1 is 1.27 bits per heavy atom. The van der Waals surface area contributed by atoms with Crippen LogP contribution in [-0.4, -0.2) is 31.3 Å². The first-order valence-corrected chi connectivity index (χ1v) is 10.1. The second kappa shape index (κ2) is 9.59. The topological polar surface area (TPSA) is 112 Å². The fourth-order valence-corrected chi connectivity index (χ4v) is 3.37. The molecule has 0 atom stereocenters. The zero-order valence-corrected chi connectivity index (χ0v) is 17.7. The molecule has 1 heterocycles. The molecular formula is C19H18ClN5O4S. The molecule has 0 radical (unpaired) electrons. The number of nitro benzene ring substituents is 1. The Morgan fingerprint density at radius 2 is 2.00 bits per heavy atom. The average Bonchev–Trinajstić information content (AvgIpc) is 3.08. The number of carbonyl (C=O) groups excluding carboxylic acids is 1. The monoisotopic (exact) mass is 447 g/mol. The molecule has 30 heavy (non-hydrogen) atoms. The van der Waals surface area contributed by atoms with E-state index in [1.165, 1.54) is 36.0 Å². The SMILES string of the molecule is Cc1c(Cl)cccc1NC(=O)CSc1nnc(COc2ccc([N+](=O)[O-])cc2)n1C. The molecule has 0 fully saturated rings. The zero-order valence-electron chi connectivity index (χ0n) is 16.2. The van der Waals surface area contributed by atoms with Gasteiger partial charge in [0.25, 0.3) is 5.69 Å². The van der Waals surface area contributed by atoms with Gasteiger partial charge < -0.3 is 14.6 Å². The Balaban J connectivity index is 1.54. The molecular weight excluding hydrogens is 430 g/mol. The molecule has 0 aliphatic rings. The third-order valence-corrected chi connectivity index (χ3v) is 5.64. The number of hydrogen-bond acceptors (Lipinski definition) is 7. The highest BCUT2D eigenvalue weighted by Crippen LogP contribution is 2.24. The van der Waals surface area contributed by atoms with E-state index in [4.69, 9.17) is 16.3 Å². The Hall–Kier alpha value is -3.11. The van der Waals surface area contributed by atoms with Crippen LogP contribution in [0.1, 0.15) is 11.4 Å². The van der Waals surface area contributed by atoms with Gasteiger partial charge in [0.1, 0.15) is 12.4 Å². The molecule has 0 aliphatic heterocycles. The highest BCUT2D eigenvalue weighted by Gasteiger charge is 2.13. The van der Waals surface area contributed by atoms with Crippen LogP contribution in [0.2, 0.25) is 5.02 Å².